The van der Waals surface area contributed by atoms with Crippen LogP contribution in [0.4, 0.5) is 0 Å². The Balaban J connectivity index is 0.990. The fourth-order valence-electron chi connectivity index (χ4n) is 7.87. The summed E-state index contributed by atoms with van der Waals surface area (Å²) in [5.41, 5.74) is 1.19. The van der Waals surface area contributed by atoms with Gasteiger partial charge in [-0.2, -0.15) is 0 Å². The molecule has 7 nitrogen and oxygen atoms in total. The Morgan fingerprint density at radius 1 is 0.944 bits per heavy atom. The van der Waals surface area contributed by atoms with Gasteiger partial charge in [0, 0.05) is 16.9 Å². The number of amides is 4. The summed E-state index contributed by atoms with van der Waals surface area (Å²) < 4.78 is 0. The number of piperidine rings is 1. The molecule has 4 saturated carbocycles. The largest absolute Gasteiger partial charge is 0.311 e. The maximum atomic E-state index is 13.2. The second-order valence-electron chi connectivity index (χ2n) is 11.7. The van der Waals surface area contributed by atoms with Crippen molar-refractivity contribution < 1.29 is 19.2 Å². The molecule has 2 N–H and O–H groups in total. The van der Waals surface area contributed by atoms with Gasteiger partial charge in [0.1, 0.15) is 6.04 Å². The molecule has 192 valence electrons. The van der Waals surface area contributed by atoms with Crippen LogP contribution < -0.4 is 10.6 Å². The summed E-state index contributed by atoms with van der Waals surface area (Å²) >= 11 is 1.61. The lowest BCUT2D eigenvalue weighted by Crippen LogP contribution is -2.58. The second-order valence-corrected chi connectivity index (χ2v) is 12.8. The molecular weight excluding hydrogens is 474 g/mol. The third-order valence-electron chi connectivity index (χ3n) is 9.05. The zero-order chi connectivity index (χ0) is 24.9. The van der Waals surface area contributed by atoms with E-state index in [1.807, 2.05) is 6.07 Å². The van der Waals surface area contributed by atoms with Crippen LogP contribution in [0.15, 0.2) is 23.1 Å². The standard InChI is InChI=1S/C28H35N3O4S/c32-23-8-7-21(25(33)30-23)31-26(34)20-5-4-6-22(24(20)27(31)35)36-10-3-1-2-9-29-28-14-17-11-18(15-28)13-19(12-17)16-28/h4-6,17-19,21,29H,1-3,7-16H2,(H,30,32,33). The van der Waals surface area contributed by atoms with Crippen LogP contribution in [0.5, 0.6) is 0 Å². The van der Waals surface area contributed by atoms with Gasteiger partial charge in [-0.25, -0.2) is 0 Å². The van der Waals surface area contributed by atoms with Crippen molar-refractivity contribution >= 4 is 35.4 Å². The van der Waals surface area contributed by atoms with Gasteiger partial charge in [-0.15, -0.1) is 11.8 Å². The van der Waals surface area contributed by atoms with Gasteiger partial charge in [0.05, 0.1) is 11.1 Å². The summed E-state index contributed by atoms with van der Waals surface area (Å²) in [6.07, 6.45) is 12.2. The summed E-state index contributed by atoms with van der Waals surface area (Å²) in [5, 5.41) is 6.22. The minimum absolute atomic E-state index is 0.128. The lowest BCUT2D eigenvalue weighted by molar-refractivity contribution is -0.136. The molecule has 5 fully saturated rings. The van der Waals surface area contributed by atoms with Gasteiger partial charge in [-0.05, 0) is 100.0 Å². The van der Waals surface area contributed by atoms with Crippen molar-refractivity contribution in [3.63, 3.8) is 0 Å². The zero-order valence-electron chi connectivity index (χ0n) is 20.7. The first kappa shape index (κ1) is 24.2. The van der Waals surface area contributed by atoms with Crippen LogP contribution in [0.1, 0.15) is 91.3 Å². The molecule has 7 rings (SSSR count). The third kappa shape index (κ3) is 4.40. The molecule has 1 atom stereocenters. The Kier molecular flexibility index (Phi) is 6.44. The molecule has 4 bridgehead atoms. The minimum Gasteiger partial charge on any atom is -0.311 e. The van der Waals surface area contributed by atoms with Crippen molar-refractivity contribution in [1.82, 2.24) is 15.5 Å². The van der Waals surface area contributed by atoms with Crippen LogP contribution in [0, 0.1) is 17.8 Å². The quantitative estimate of drug-likeness (QED) is 0.298. The van der Waals surface area contributed by atoms with E-state index in [2.05, 4.69) is 10.6 Å². The molecule has 1 unspecified atom stereocenters. The molecular formula is C28H35N3O4S. The van der Waals surface area contributed by atoms with E-state index in [4.69, 9.17) is 0 Å². The number of benzene rings is 1. The van der Waals surface area contributed by atoms with E-state index in [9.17, 15) is 19.2 Å². The average Bonchev–Trinajstić information content (AvgIpc) is 3.08. The molecule has 1 aromatic carbocycles. The number of hydrogen-bond donors (Lipinski definition) is 2. The highest BCUT2D eigenvalue weighted by atomic mass is 32.2. The number of carbonyl (C=O) groups is 4. The number of nitrogens with zero attached hydrogens (tertiary/aromatic N) is 1. The molecule has 0 spiro atoms. The number of rotatable bonds is 9. The fraction of sp³-hybridized carbons (Fsp3) is 0.643. The molecule has 4 amide bonds. The molecule has 1 saturated heterocycles. The molecule has 1 aromatic rings. The lowest BCUT2D eigenvalue weighted by Gasteiger charge is -2.57. The number of carbonyl (C=O) groups excluding carboxylic acids is 4. The van der Waals surface area contributed by atoms with E-state index in [0.29, 0.717) is 16.7 Å². The van der Waals surface area contributed by atoms with E-state index >= 15 is 0 Å². The molecule has 6 aliphatic rings. The summed E-state index contributed by atoms with van der Waals surface area (Å²) in [7, 11) is 0. The zero-order valence-corrected chi connectivity index (χ0v) is 21.5. The summed E-state index contributed by atoms with van der Waals surface area (Å²) in [4.78, 5) is 51.8. The smallest absolute Gasteiger partial charge is 0.263 e. The number of imide groups is 2. The van der Waals surface area contributed by atoms with Crippen molar-refractivity contribution in [2.45, 2.75) is 87.1 Å². The van der Waals surface area contributed by atoms with E-state index in [0.717, 1.165) is 59.1 Å². The molecule has 2 aliphatic heterocycles. The highest BCUT2D eigenvalue weighted by Gasteiger charge is 2.50. The Bertz CT molecular complexity index is 1070. The predicted octanol–water partition coefficient (Wildman–Crippen LogP) is 3.91. The van der Waals surface area contributed by atoms with Crippen molar-refractivity contribution in [1.29, 1.82) is 0 Å². The Morgan fingerprint density at radius 3 is 2.36 bits per heavy atom. The van der Waals surface area contributed by atoms with Crippen molar-refractivity contribution in [2.24, 2.45) is 17.8 Å². The molecule has 2 heterocycles. The van der Waals surface area contributed by atoms with Gasteiger partial charge in [0.2, 0.25) is 11.8 Å². The van der Waals surface area contributed by atoms with Gasteiger partial charge in [0.15, 0.2) is 0 Å². The highest BCUT2D eigenvalue weighted by Crippen LogP contribution is 2.55. The van der Waals surface area contributed by atoms with Gasteiger partial charge in [-0.3, -0.25) is 29.4 Å². The summed E-state index contributed by atoms with van der Waals surface area (Å²) in [5.74, 6) is 1.98. The van der Waals surface area contributed by atoms with Crippen LogP contribution in [-0.4, -0.2) is 52.4 Å². The Hall–Kier alpha value is -2.19. The SMILES string of the molecule is O=C1CCC(N2C(=O)c3cccc(SCCCCCNC45CC6CC(CC(C6)C4)C5)c3C2=O)C(=O)N1. The van der Waals surface area contributed by atoms with Crippen LogP contribution in [0.2, 0.25) is 0 Å². The Morgan fingerprint density at radius 2 is 1.67 bits per heavy atom. The molecule has 0 radical (unpaired) electrons. The average molecular weight is 510 g/mol. The van der Waals surface area contributed by atoms with Crippen molar-refractivity contribution in [3.05, 3.63) is 29.3 Å². The number of nitrogens with one attached hydrogen (secondary N) is 2. The third-order valence-corrected chi connectivity index (χ3v) is 10.2. The number of fused-ring (bicyclic) bond motifs is 1. The summed E-state index contributed by atoms with van der Waals surface area (Å²) in [6.45, 7) is 1.09. The highest BCUT2D eigenvalue weighted by molar-refractivity contribution is 7.99. The first-order valence-corrected chi connectivity index (χ1v) is 14.6. The van der Waals surface area contributed by atoms with E-state index < -0.39 is 23.8 Å². The van der Waals surface area contributed by atoms with Crippen LogP contribution in [0.3, 0.4) is 0 Å². The van der Waals surface area contributed by atoms with Crippen LogP contribution in [-0.2, 0) is 9.59 Å². The van der Waals surface area contributed by atoms with Crippen molar-refractivity contribution in [2.75, 3.05) is 12.3 Å². The number of unbranched alkanes of at least 4 members (excludes halogenated alkanes) is 2. The first-order chi connectivity index (χ1) is 17.4. The Labute approximate surface area is 216 Å². The fourth-order valence-corrected chi connectivity index (χ4v) is 8.96. The van der Waals surface area contributed by atoms with Gasteiger partial charge in [-0.1, -0.05) is 12.5 Å². The predicted molar refractivity (Wildman–Crippen MR) is 137 cm³/mol. The normalized spacial score (nSPS) is 32.8. The number of thioether (sulfide) groups is 1. The van der Waals surface area contributed by atoms with E-state index in [1.165, 1.54) is 38.5 Å². The first-order valence-electron chi connectivity index (χ1n) is 13.6. The lowest BCUT2D eigenvalue weighted by atomic mass is 9.53. The minimum atomic E-state index is -0.922. The topological polar surface area (TPSA) is 95.6 Å². The van der Waals surface area contributed by atoms with Gasteiger partial charge in [0.25, 0.3) is 11.8 Å². The molecule has 8 heteroatoms. The molecule has 4 aliphatic carbocycles. The van der Waals surface area contributed by atoms with E-state index in [-0.39, 0.29) is 18.7 Å². The van der Waals surface area contributed by atoms with E-state index in [1.54, 1.807) is 23.9 Å². The van der Waals surface area contributed by atoms with Gasteiger partial charge < -0.3 is 5.32 Å². The molecule has 0 aromatic heterocycles. The maximum absolute atomic E-state index is 13.2. The molecule has 36 heavy (non-hydrogen) atoms. The monoisotopic (exact) mass is 509 g/mol. The van der Waals surface area contributed by atoms with Crippen molar-refractivity contribution in [3.8, 4) is 0 Å². The number of hydrogen-bond acceptors (Lipinski definition) is 6. The second kappa shape index (κ2) is 9.60. The van der Waals surface area contributed by atoms with Crippen LogP contribution >= 0.6 is 11.8 Å². The summed E-state index contributed by atoms with van der Waals surface area (Å²) in [6, 6.07) is 4.42. The van der Waals surface area contributed by atoms with Crippen LogP contribution in [0.25, 0.3) is 0 Å². The maximum Gasteiger partial charge on any atom is 0.263 e. The van der Waals surface area contributed by atoms with Gasteiger partial charge >= 0.3 is 0 Å².